The average molecular weight is 266 g/mol. The van der Waals surface area contributed by atoms with Gasteiger partial charge in [0.2, 0.25) is 0 Å². The highest BCUT2D eigenvalue weighted by molar-refractivity contribution is 5.80. The highest BCUT2D eigenvalue weighted by Crippen LogP contribution is 1.86. The molecular formula is C8H14N2O8. The van der Waals surface area contributed by atoms with Crippen LogP contribution in [0.25, 0.3) is 0 Å². The molecule has 0 aromatic carbocycles. The molecule has 18 heavy (non-hydrogen) atoms. The third-order valence-electron chi connectivity index (χ3n) is 1.07. The van der Waals surface area contributed by atoms with Crippen molar-refractivity contribution in [3.8, 4) is 0 Å². The minimum Gasteiger partial charge on any atom is -0.481 e. The van der Waals surface area contributed by atoms with E-state index >= 15 is 0 Å². The van der Waals surface area contributed by atoms with E-state index in [4.69, 9.17) is 36.4 Å². The van der Waals surface area contributed by atoms with Gasteiger partial charge in [0.25, 0.3) is 0 Å². The van der Waals surface area contributed by atoms with Crippen LogP contribution in [0.1, 0.15) is 12.8 Å². The molecule has 0 rings (SSSR count). The van der Waals surface area contributed by atoms with E-state index in [2.05, 4.69) is 0 Å². The van der Waals surface area contributed by atoms with Crippen LogP contribution in [0, 0.1) is 0 Å². The Morgan fingerprint density at radius 1 is 1.06 bits per heavy atom. The molecule has 0 amide bonds. The molecule has 1 unspecified atom stereocenters. The van der Waals surface area contributed by atoms with Crippen LogP contribution >= 0.6 is 0 Å². The van der Waals surface area contributed by atoms with Gasteiger partial charge >= 0.3 is 24.1 Å². The van der Waals surface area contributed by atoms with Crippen LogP contribution in [0.3, 0.4) is 0 Å². The van der Waals surface area contributed by atoms with Gasteiger partial charge in [-0.25, -0.2) is 0 Å². The first-order valence-electron chi connectivity index (χ1n) is 4.34. The first-order chi connectivity index (χ1) is 8.22. The molecule has 0 spiro atoms. The molecule has 0 saturated heterocycles. The average Bonchev–Trinajstić information content (AvgIpc) is 2.18. The van der Waals surface area contributed by atoms with E-state index in [-0.39, 0.29) is 19.1 Å². The van der Waals surface area contributed by atoms with Crippen LogP contribution in [-0.4, -0.2) is 52.0 Å². The fourth-order valence-electron chi connectivity index (χ4n) is 0.399. The number of carboxylic acids is 3. The summed E-state index contributed by atoms with van der Waals surface area (Å²) in [5, 5.41) is 23.9. The Bertz CT molecular complexity index is 297. The van der Waals surface area contributed by atoms with E-state index in [0.717, 1.165) is 0 Å². The van der Waals surface area contributed by atoms with Gasteiger partial charge in [0.15, 0.2) is 0 Å². The summed E-state index contributed by atoms with van der Waals surface area (Å²) in [5.41, 5.74) is 9.69. The molecule has 0 aromatic heterocycles. The van der Waals surface area contributed by atoms with Crippen molar-refractivity contribution in [3.63, 3.8) is 0 Å². The highest BCUT2D eigenvalue weighted by atomic mass is 16.4. The Kier molecular flexibility index (Phi) is 17.2. The number of hydrogen-bond acceptors (Lipinski definition) is 7. The molecule has 0 aliphatic carbocycles. The standard InChI is InChI=1S/C4H7NO4.C3H7NO2.CO2/c5-2(4(8)9)1-3(6)7;4-2-1-3(5)6;2-1-3/h2H,1,5H2,(H,6,7)(H,8,9);1-2,4H2,(H,5,6);. The van der Waals surface area contributed by atoms with Crippen LogP contribution in [0.2, 0.25) is 0 Å². The molecule has 1 atom stereocenters. The molecule has 10 heteroatoms. The molecule has 0 aliphatic heterocycles. The molecule has 0 bridgehead atoms. The van der Waals surface area contributed by atoms with E-state index in [9.17, 15) is 14.4 Å². The number of nitrogens with two attached hydrogens (primary N) is 2. The summed E-state index contributed by atoms with van der Waals surface area (Å²) in [5.74, 6) is -3.33. The quantitative estimate of drug-likeness (QED) is 0.360. The number of rotatable bonds is 5. The molecular weight excluding hydrogens is 252 g/mol. The van der Waals surface area contributed by atoms with Gasteiger partial charge in [-0.05, 0) is 0 Å². The third-order valence-corrected chi connectivity index (χ3v) is 1.07. The topological polar surface area (TPSA) is 198 Å². The predicted molar refractivity (Wildman–Crippen MR) is 54.2 cm³/mol. The van der Waals surface area contributed by atoms with Gasteiger partial charge in [-0.1, -0.05) is 0 Å². The number of hydrogen-bond donors (Lipinski definition) is 5. The summed E-state index contributed by atoms with van der Waals surface area (Å²) < 4.78 is 0. The van der Waals surface area contributed by atoms with E-state index in [0.29, 0.717) is 0 Å². The van der Waals surface area contributed by atoms with Gasteiger partial charge in [-0.15, -0.1) is 0 Å². The van der Waals surface area contributed by atoms with Gasteiger partial charge in [-0.2, -0.15) is 9.59 Å². The van der Waals surface area contributed by atoms with Crippen molar-refractivity contribution in [2.45, 2.75) is 18.9 Å². The zero-order chi connectivity index (χ0) is 15.1. The second kappa shape index (κ2) is 14.7. The molecule has 0 heterocycles. The Morgan fingerprint density at radius 2 is 1.44 bits per heavy atom. The maximum atomic E-state index is 9.85. The molecule has 10 nitrogen and oxygen atoms in total. The van der Waals surface area contributed by atoms with E-state index in [1.54, 1.807) is 0 Å². The van der Waals surface area contributed by atoms with Crippen molar-refractivity contribution in [2.75, 3.05) is 6.54 Å². The lowest BCUT2D eigenvalue weighted by atomic mass is 10.2. The van der Waals surface area contributed by atoms with Crippen LogP contribution in [0.5, 0.6) is 0 Å². The zero-order valence-corrected chi connectivity index (χ0v) is 9.24. The maximum Gasteiger partial charge on any atom is 0.373 e. The van der Waals surface area contributed by atoms with Crippen molar-refractivity contribution in [1.82, 2.24) is 0 Å². The minimum atomic E-state index is -1.29. The third kappa shape index (κ3) is 29.2. The normalized spacial score (nSPS) is 9.44. The first kappa shape index (κ1) is 21.0. The maximum absolute atomic E-state index is 9.85. The summed E-state index contributed by atoms with van der Waals surface area (Å²) in [6.45, 7) is 0.231. The van der Waals surface area contributed by atoms with E-state index in [1.807, 2.05) is 0 Å². The summed E-state index contributed by atoms with van der Waals surface area (Å²) in [4.78, 5) is 45.4. The Balaban J connectivity index is -0.000000216. The van der Waals surface area contributed by atoms with Gasteiger partial charge in [0.05, 0.1) is 12.8 Å². The lowest BCUT2D eigenvalue weighted by molar-refractivity contribution is -0.191. The van der Waals surface area contributed by atoms with Crippen LogP contribution < -0.4 is 11.5 Å². The summed E-state index contributed by atoms with van der Waals surface area (Å²) in [7, 11) is 0. The second-order valence-corrected chi connectivity index (χ2v) is 2.56. The van der Waals surface area contributed by atoms with Crippen molar-refractivity contribution >= 4 is 24.1 Å². The van der Waals surface area contributed by atoms with Gasteiger partial charge in [0.1, 0.15) is 6.04 Å². The Hall–Kier alpha value is -2.29. The van der Waals surface area contributed by atoms with Crippen molar-refractivity contribution in [1.29, 1.82) is 0 Å². The summed E-state index contributed by atoms with van der Waals surface area (Å²) in [6, 6.07) is -1.29. The Labute approximate surface area is 101 Å². The van der Waals surface area contributed by atoms with E-state index < -0.39 is 30.4 Å². The highest BCUT2D eigenvalue weighted by Gasteiger charge is 2.14. The lowest BCUT2D eigenvalue weighted by Gasteiger charge is -1.99. The van der Waals surface area contributed by atoms with Crippen molar-refractivity contribution < 1.29 is 39.3 Å². The van der Waals surface area contributed by atoms with Gasteiger partial charge < -0.3 is 26.8 Å². The van der Waals surface area contributed by atoms with Crippen molar-refractivity contribution in [2.24, 2.45) is 11.5 Å². The fourth-order valence-corrected chi connectivity index (χ4v) is 0.399. The first-order valence-corrected chi connectivity index (χ1v) is 4.34. The smallest absolute Gasteiger partial charge is 0.373 e. The minimum absolute atomic E-state index is 0.0694. The number of aliphatic carboxylic acids is 3. The van der Waals surface area contributed by atoms with Crippen LogP contribution in [-0.2, 0) is 24.0 Å². The molecule has 0 fully saturated rings. The summed E-state index contributed by atoms with van der Waals surface area (Å²) >= 11 is 0. The number of carbonyl (C=O) groups is 3. The molecule has 0 radical (unpaired) electrons. The second-order valence-electron chi connectivity index (χ2n) is 2.56. The predicted octanol–water partition coefficient (Wildman–Crippen LogP) is -2.29. The fraction of sp³-hybridized carbons (Fsp3) is 0.500. The monoisotopic (exact) mass is 266 g/mol. The van der Waals surface area contributed by atoms with Crippen LogP contribution in [0.15, 0.2) is 0 Å². The molecule has 0 aliphatic rings. The SMILES string of the molecule is NC(CC(=O)O)C(=O)O.NCCC(=O)O.O=C=O. The largest absolute Gasteiger partial charge is 0.481 e. The lowest BCUT2D eigenvalue weighted by Crippen LogP contribution is -2.32. The number of carboxylic acid groups (broad SMARTS) is 3. The molecule has 0 aromatic rings. The van der Waals surface area contributed by atoms with E-state index in [1.165, 1.54) is 0 Å². The van der Waals surface area contributed by atoms with Crippen LogP contribution in [0.4, 0.5) is 0 Å². The number of carbonyl (C=O) groups excluding carboxylic acids is 2. The molecule has 104 valence electrons. The molecule has 0 saturated carbocycles. The Morgan fingerprint density at radius 3 is 1.50 bits per heavy atom. The van der Waals surface area contributed by atoms with Crippen molar-refractivity contribution in [3.05, 3.63) is 0 Å². The zero-order valence-electron chi connectivity index (χ0n) is 9.24. The van der Waals surface area contributed by atoms with Gasteiger partial charge in [-0.3, -0.25) is 14.4 Å². The summed E-state index contributed by atoms with van der Waals surface area (Å²) in [6.07, 6.45) is -0.213. The molecule has 7 N–H and O–H groups in total. The van der Waals surface area contributed by atoms with Gasteiger partial charge in [0, 0.05) is 6.54 Å².